The van der Waals surface area contributed by atoms with E-state index in [9.17, 15) is 14.4 Å². The highest BCUT2D eigenvalue weighted by Crippen LogP contribution is 2.14. The van der Waals surface area contributed by atoms with Crippen LogP contribution in [0.4, 0.5) is 0 Å². The van der Waals surface area contributed by atoms with Crippen molar-refractivity contribution in [1.29, 1.82) is 0 Å². The van der Waals surface area contributed by atoms with E-state index in [0.29, 0.717) is 19.3 Å². The molecule has 6 heteroatoms. The van der Waals surface area contributed by atoms with Crippen molar-refractivity contribution in [2.24, 2.45) is 0 Å². The van der Waals surface area contributed by atoms with E-state index in [2.05, 4.69) is 118 Å². The fourth-order valence-corrected chi connectivity index (χ4v) is 7.59. The van der Waals surface area contributed by atoms with Gasteiger partial charge in [0.2, 0.25) is 0 Å². The van der Waals surface area contributed by atoms with Crippen LogP contribution in [0, 0.1) is 0 Å². The predicted octanol–water partition coefficient (Wildman–Crippen LogP) is 18.9. The Morgan fingerprint density at radius 1 is 0.309 bits per heavy atom. The van der Waals surface area contributed by atoms with Crippen LogP contribution in [0.15, 0.2) is 97.2 Å². The zero-order valence-corrected chi connectivity index (χ0v) is 44.3. The van der Waals surface area contributed by atoms with Gasteiger partial charge in [0, 0.05) is 19.3 Å². The summed E-state index contributed by atoms with van der Waals surface area (Å²) in [6.07, 6.45) is 74.0. The molecule has 0 heterocycles. The van der Waals surface area contributed by atoms with E-state index >= 15 is 0 Å². The summed E-state index contributed by atoms with van der Waals surface area (Å²) in [5.41, 5.74) is 0. The summed E-state index contributed by atoms with van der Waals surface area (Å²) < 4.78 is 16.8. The second kappa shape index (κ2) is 55.9. The van der Waals surface area contributed by atoms with Gasteiger partial charge in [-0.2, -0.15) is 0 Å². The van der Waals surface area contributed by atoms with Crippen molar-refractivity contribution in [2.75, 3.05) is 13.2 Å². The SMILES string of the molecule is CC/C=C\C/C=C\C/C=C\C/C=C\C/C=C\C/C=C\C/C=C\CCCCCC(=O)OCC(COC(=O)CCCCCCCCCCC)OC(=O)CCCCCCC/C=C\CCCCCCCCC. The molecule has 388 valence electrons. The van der Waals surface area contributed by atoms with Gasteiger partial charge in [0.1, 0.15) is 13.2 Å². The maximum absolute atomic E-state index is 12.8. The zero-order valence-electron chi connectivity index (χ0n) is 44.3. The highest BCUT2D eigenvalue weighted by Gasteiger charge is 2.19. The van der Waals surface area contributed by atoms with Gasteiger partial charge in [-0.3, -0.25) is 14.4 Å². The van der Waals surface area contributed by atoms with Gasteiger partial charge >= 0.3 is 17.9 Å². The number of carbonyl (C=O) groups is 3. The molecule has 0 radical (unpaired) electrons. The Morgan fingerprint density at radius 3 is 0.926 bits per heavy atom. The lowest BCUT2D eigenvalue weighted by atomic mass is 10.1. The van der Waals surface area contributed by atoms with Crippen LogP contribution in [0.2, 0.25) is 0 Å². The largest absolute Gasteiger partial charge is 0.462 e. The number of unbranched alkanes of at least 4 members (excludes halogenated alkanes) is 23. The fraction of sp³-hybridized carbons (Fsp3) is 0.694. The summed E-state index contributed by atoms with van der Waals surface area (Å²) in [5, 5.41) is 0. The van der Waals surface area contributed by atoms with Crippen LogP contribution >= 0.6 is 0 Å². The minimum Gasteiger partial charge on any atom is -0.462 e. The third-order valence-electron chi connectivity index (χ3n) is 11.8. The Hall–Kier alpha value is -3.67. The molecule has 0 aliphatic heterocycles. The minimum absolute atomic E-state index is 0.0906. The Balaban J connectivity index is 4.36. The average Bonchev–Trinajstić information content (AvgIpc) is 3.34. The van der Waals surface area contributed by atoms with E-state index in [1.807, 2.05) is 0 Å². The van der Waals surface area contributed by atoms with Gasteiger partial charge in [-0.15, -0.1) is 0 Å². The van der Waals surface area contributed by atoms with E-state index < -0.39 is 6.10 Å². The van der Waals surface area contributed by atoms with Crippen molar-refractivity contribution >= 4 is 17.9 Å². The first-order valence-corrected chi connectivity index (χ1v) is 28.2. The molecule has 1 atom stereocenters. The van der Waals surface area contributed by atoms with Crippen LogP contribution in [0.1, 0.15) is 258 Å². The summed E-state index contributed by atoms with van der Waals surface area (Å²) in [5.74, 6) is -0.935. The number of ether oxygens (including phenoxy) is 3. The summed E-state index contributed by atoms with van der Waals surface area (Å²) in [6, 6.07) is 0. The van der Waals surface area contributed by atoms with Gasteiger partial charge in [-0.05, 0) is 103 Å². The summed E-state index contributed by atoms with van der Waals surface area (Å²) in [6.45, 7) is 6.47. The smallest absolute Gasteiger partial charge is 0.306 e. The molecule has 0 saturated heterocycles. The molecule has 0 N–H and O–H groups in total. The molecule has 0 rings (SSSR count). The van der Waals surface area contributed by atoms with Crippen LogP contribution in [0.25, 0.3) is 0 Å². The van der Waals surface area contributed by atoms with Crippen LogP contribution in [0.5, 0.6) is 0 Å². The number of esters is 3. The van der Waals surface area contributed by atoms with Crippen LogP contribution < -0.4 is 0 Å². The van der Waals surface area contributed by atoms with Gasteiger partial charge < -0.3 is 14.2 Å². The quantitative estimate of drug-likeness (QED) is 0.0262. The van der Waals surface area contributed by atoms with Crippen molar-refractivity contribution in [3.05, 3.63) is 97.2 Å². The van der Waals surface area contributed by atoms with Gasteiger partial charge in [-0.25, -0.2) is 0 Å². The van der Waals surface area contributed by atoms with Crippen molar-refractivity contribution in [3.8, 4) is 0 Å². The number of rotatable bonds is 50. The molecule has 0 aromatic carbocycles. The molecule has 0 spiro atoms. The molecule has 0 amide bonds. The Morgan fingerprint density at radius 2 is 0.574 bits per heavy atom. The van der Waals surface area contributed by atoms with Crippen LogP contribution in [-0.4, -0.2) is 37.2 Å². The first-order valence-electron chi connectivity index (χ1n) is 28.2. The first kappa shape index (κ1) is 64.3. The average molecular weight is 946 g/mol. The van der Waals surface area contributed by atoms with E-state index in [4.69, 9.17) is 14.2 Å². The molecule has 6 nitrogen and oxygen atoms in total. The van der Waals surface area contributed by atoms with Crippen LogP contribution in [-0.2, 0) is 28.6 Å². The lowest BCUT2D eigenvalue weighted by Crippen LogP contribution is -2.30. The Labute approximate surface area is 419 Å². The summed E-state index contributed by atoms with van der Waals surface area (Å²) in [4.78, 5) is 38.0. The van der Waals surface area contributed by atoms with E-state index in [1.54, 1.807) is 0 Å². The van der Waals surface area contributed by atoms with E-state index in [0.717, 1.165) is 122 Å². The van der Waals surface area contributed by atoms with Crippen LogP contribution in [0.3, 0.4) is 0 Å². The van der Waals surface area contributed by atoms with Crippen molar-refractivity contribution in [1.82, 2.24) is 0 Å². The molecule has 0 saturated carbocycles. The molecule has 0 aromatic rings. The molecular formula is C62H104O6. The molecular weight excluding hydrogens is 841 g/mol. The van der Waals surface area contributed by atoms with Crippen molar-refractivity contribution in [2.45, 2.75) is 264 Å². The first-order chi connectivity index (χ1) is 33.5. The van der Waals surface area contributed by atoms with Gasteiger partial charge in [-0.1, -0.05) is 234 Å². The summed E-state index contributed by atoms with van der Waals surface area (Å²) >= 11 is 0. The van der Waals surface area contributed by atoms with Gasteiger partial charge in [0.05, 0.1) is 0 Å². The number of allylic oxidation sites excluding steroid dienone is 16. The third-order valence-corrected chi connectivity index (χ3v) is 11.8. The monoisotopic (exact) mass is 945 g/mol. The summed E-state index contributed by atoms with van der Waals surface area (Å²) in [7, 11) is 0. The molecule has 0 aromatic heterocycles. The van der Waals surface area contributed by atoms with E-state index in [1.165, 1.54) is 96.3 Å². The standard InChI is InChI=1S/C62H104O6/c1-4-7-10-13-16-19-21-23-25-27-28-29-30-31-32-33-34-35-37-38-40-43-46-49-52-55-61(64)67-58-59(57-66-60(63)54-51-48-45-42-18-15-12-9-6-3)68-62(65)56-53-50-47-44-41-39-36-26-24-22-20-17-14-11-8-5-2/h7,10,16,19,23,25-26,28-29,31-32,34-36,38,40,59H,4-6,8-9,11-15,17-18,20-22,24,27,30,33,37,39,41-58H2,1-3H3/b10-7-,19-16-,25-23-,29-28-,32-31-,35-34-,36-26-,40-38-. The lowest BCUT2D eigenvalue weighted by molar-refractivity contribution is -0.167. The Kier molecular flexibility index (Phi) is 52.9. The number of carbonyl (C=O) groups excluding carboxylic acids is 3. The van der Waals surface area contributed by atoms with Gasteiger partial charge in [0.25, 0.3) is 0 Å². The third kappa shape index (κ3) is 53.3. The second-order valence-electron chi connectivity index (χ2n) is 18.5. The maximum Gasteiger partial charge on any atom is 0.306 e. The van der Waals surface area contributed by atoms with Gasteiger partial charge in [0.15, 0.2) is 6.10 Å². The van der Waals surface area contributed by atoms with E-state index in [-0.39, 0.29) is 31.1 Å². The van der Waals surface area contributed by atoms with Crippen molar-refractivity contribution < 1.29 is 28.6 Å². The topological polar surface area (TPSA) is 78.9 Å². The Bertz CT molecular complexity index is 1360. The fourth-order valence-electron chi connectivity index (χ4n) is 7.59. The molecule has 0 fully saturated rings. The lowest BCUT2D eigenvalue weighted by Gasteiger charge is -2.18. The second-order valence-corrected chi connectivity index (χ2v) is 18.5. The van der Waals surface area contributed by atoms with Crippen molar-refractivity contribution in [3.63, 3.8) is 0 Å². The molecule has 0 aliphatic rings. The number of hydrogen-bond acceptors (Lipinski definition) is 6. The molecule has 68 heavy (non-hydrogen) atoms. The highest BCUT2D eigenvalue weighted by atomic mass is 16.6. The molecule has 0 bridgehead atoms. The highest BCUT2D eigenvalue weighted by molar-refractivity contribution is 5.71. The zero-order chi connectivity index (χ0) is 49.3. The minimum atomic E-state index is -0.794. The molecule has 1 unspecified atom stereocenters. The number of hydrogen-bond donors (Lipinski definition) is 0. The predicted molar refractivity (Wildman–Crippen MR) is 293 cm³/mol. The maximum atomic E-state index is 12.8. The molecule has 0 aliphatic carbocycles. The normalized spacial score (nSPS) is 12.8.